The summed E-state index contributed by atoms with van der Waals surface area (Å²) in [6.45, 7) is 5.58. The van der Waals surface area contributed by atoms with Gasteiger partial charge >= 0.3 is 8.60 Å². The summed E-state index contributed by atoms with van der Waals surface area (Å²) in [7, 11) is -1.02. The Hall–Kier alpha value is 0.660. The average molecular weight is 465 g/mol. The summed E-state index contributed by atoms with van der Waals surface area (Å²) in [4.78, 5) is 0. The van der Waals surface area contributed by atoms with Crippen molar-refractivity contribution in [3.8, 4) is 0 Å². The van der Waals surface area contributed by atoms with Gasteiger partial charge in [-0.3, -0.25) is 0 Å². The van der Waals surface area contributed by atoms with E-state index >= 15 is 0 Å². The second kappa shape index (κ2) is 18.1. The van der Waals surface area contributed by atoms with Gasteiger partial charge < -0.3 is 22.6 Å². The number of unbranched alkanes of at least 4 members (excludes halogenated alkanes) is 15. The highest BCUT2D eigenvalue weighted by molar-refractivity contribution is 7.41. The molecule has 0 aromatic heterocycles. The first-order chi connectivity index (χ1) is 14.8. The molecule has 5 nitrogen and oxygen atoms in total. The SMILES string of the molecule is CCCCCCCCCCCCCCCCCCOP1OCC2(COPOC2)CO1. The van der Waals surface area contributed by atoms with Gasteiger partial charge in [0.2, 0.25) is 0 Å². The third-order valence-corrected chi connectivity index (χ3v) is 7.62. The van der Waals surface area contributed by atoms with Crippen LogP contribution in [0.15, 0.2) is 0 Å². The minimum atomic E-state index is -1.17. The first-order valence-electron chi connectivity index (χ1n) is 12.5. The Morgan fingerprint density at radius 1 is 0.633 bits per heavy atom. The lowest BCUT2D eigenvalue weighted by molar-refractivity contribution is -0.0619. The van der Waals surface area contributed by atoms with Crippen molar-refractivity contribution in [2.45, 2.75) is 110 Å². The zero-order valence-electron chi connectivity index (χ0n) is 19.3. The van der Waals surface area contributed by atoms with Crippen LogP contribution in [0.2, 0.25) is 0 Å². The first-order valence-corrected chi connectivity index (χ1v) is 14.4. The van der Waals surface area contributed by atoms with E-state index in [2.05, 4.69) is 6.92 Å². The predicted molar refractivity (Wildman–Crippen MR) is 127 cm³/mol. The monoisotopic (exact) mass is 464 g/mol. The second-order valence-corrected chi connectivity index (χ2v) is 11.0. The fourth-order valence-corrected chi connectivity index (χ4v) is 6.01. The molecule has 0 saturated carbocycles. The highest BCUT2D eigenvalue weighted by atomic mass is 31.2. The lowest BCUT2D eigenvalue weighted by Crippen LogP contribution is -2.43. The van der Waals surface area contributed by atoms with Crippen LogP contribution in [-0.2, 0) is 22.6 Å². The van der Waals surface area contributed by atoms with Crippen molar-refractivity contribution in [3.05, 3.63) is 0 Å². The van der Waals surface area contributed by atoms with E-state index in [-0.39, 0.29) is 14.4 Å². The Labute approximate surface area is 188 Å². The Kier molecular flexibility index (Phi) is 16.3. The molecule has 7 heteroatoms. The van der Waals surface area contributed by atoms with Crippen molar-refractivity contribution >= 4 is 17.6 Å². The molecule has 30 heavy (non-hydrogen) atoms. The van der Waals surface area contributed by atoms with E-state index in [4.69, 9.17) is 22.6 Å². The van der Waals surface area contributed by atoms with Crippen molar-refractivity contribution in [1.29, 1.82) is 0 Å². The van der Waals surface area contributed by atoms with Crippen LogP contribution in [0.5, 0.6) is 0 Å². The standard InChI is InChI=1S/C23H46O5P2/c1-2-3-4-5-6-7-8-9-10-11-12-13-14-15-16-17-18-26-30-27-21-23(22-28-30)19-24-29-25-20-23/h29H,2-22H2,1H3. The topological polar surface area (TPSA) is 46.2 Å². The molecule has 0 amide bonds. The molecule has 2 saturated heterocycles. The number of rotatable bonds is 18. The van der Waals surface area contributed by atoms with Crippen LogP contribution in [-0.4, -0.2) is 33.0 Å². The van der Waals surface area contributed by atoms with Crippen LogP contribution in [0, 0.1) is 5.41 Å². The van der Waals surface area contributed by atoms with Gasteiger partial charge in [0.05, 0.1) is 38.4 Å². The smallest absolute Gasteiger partial charge is 0.332 e. The molecular weight excluding hydrogens is 418 g/mol. The lowest BCUT2D eigenvalue weighted by atomic mass is 9.93. The van der Waals surface area contributed by atoms with Gasteiger partial charge in [-0.25, -0.2) is 0 Å². The Balaban J connectivity index is 1.26. The molecule has 0 atom stereocenters. The number of hydrogen-bond donors (Lipinski definition) is 0. The second-order valence-electron chi connectivity index (χ2n) is 9.07. The van der Waals surface area contributed by atoms with E-state index in [1.807, 2.05) is 0 Å². The maximum atomic E-state index is 5.78. The highest BCUT2D eigenvalue weighted by Crippen LogP contribution is 2.49. The predicted octanol–water partition coefficient (Wildman–Crippen LogP) is 8.08. The van der Waals surface area contributed by atoms with Gasteiger partial charge in [0.25, 0.3) is 0 Å². The van der Waals surface area contributed by atoms with Gasteiger partial charge in [0.15, 0.2) is 9.03 Å². The molecule has 2 aliphatic rings. The molecule has 2 fully saturated rings. The average Bonchev–Trinajstić information content (AvgIpc) is 2.78. The minimum absolute atomic E-state index is 0.123. The van der Waals surface area contributed by atoms with E-state index in [1.165, 1.54) is 96.3 Å². The fraction of sp³-hybridized carbons (Fsp3) is 1.00. The van der Waals surface area contributed by atoms with Gasteiger partial charge in [0, 0.05) is 0 Å². The largest absolute Gasteiger partial charge is 0.335 e. The van der Waals surface area contributed by atoms with Crippen molar-refractivity contribution < 1.29 is 22.6 Å². The Bertz CT molecular complexity index is 384. The maximum absolute atomic E-state index is 5.78. The Morgan fingerprint density at radius 3 is 1.53 bits per heavy atom. The minimum Gasteiger partial charge on any atom is -0.335 e. The molecule has 1 spiro atoms. The molecule has 0 aliphatic carbocycles. The summed E-state index contributed by atoms with van der Waals surface area (Å²) in [5.41, 5.74) is -0.123. The summed E-state index contributed by atoms with van der Waals surface area (Å²) < 4.78 is 28.1. The van der Waals surface area contributed by atoms with E-state index in [0.717, 1.165) is 13.0 Å². The van der Waals surface area contributed by atoms with Gasteiger partial charge in [-0.2, -0.15) is 0 Å². The van der Waals surface area contributed by atoms with E-state index < -0.39 is 8.60 Å². The van der Waals surface area contributed by atoms with Crippen molar-refractivity contribution in [1.82, 2.24) is 0 Å². The molecule has 2 rings (SSSR count). The van der Waals surface area contributed by atoms with E-state index in [0.29, 0.717) is 26.4 Å². The summed E-state index contributed by atoms with van der Waals surface area (Å²) in [5.74, 6) is 0. The summed E-state index contributed by atoms with van der Waals surface area (Å²) in [6, 6.07) is 0. The molecule has 2 aliphatic heterocycles. The molecule has 178 valence electrons. The van der Waals surface area contributed by atoms with Gasteiger partial charge in [-0.15, -0.1) is 0 Å². The zero-order chi connectivity index (χ0) is 21.2. The third-order valence-electron chi connectivity index (χ3n) is 6.02. The normalized spacial score (nSPS) is 25.3. The van der Waals surface area contributed by atoms with Crippen LogP contribution in [0.4, 0.5) is 0 Å². The summed E-state index contributed by atoms with van der Waals surface area (Å²) >= 11 is 0. The molecule has 0 radical (unpaired) electrons. The zero-order valence-corrected chi connectivity index (χ0v) is 21.2. The Morgan fingerprint density at radius 2 is 1.07 bits per heavy atom. The van der Waals surface area contributed by atoms with Crippen molar-refractivity contribution in [3.63, 3.8) is 0 Å². The number of hydrogen-bond acceptors (Lipinski definition) is 5. The first kappa shape index (κ1) is 26.9. The summed E-state index contributed by atoms with van der Waals surface area (Å²) in [6.07, 6.45) is 22.2. The maximum Gasteiger partial charge on any atom is 0.332 e. The highest BCUT2D eigenvalue weighted by Gasteiger charge is 2.41. The molecule has 0 bridgehead atoms. The molecular formula is C23H46O5P2. The summed E-state index contributed by atoms with van der Waals surface area (Å²) in [5, 5.41) is 0. The molecule has 0 unspecified atom stereocenters. The third kappa shape index (κ3) is 12.6. The fourth-order valence-electron chi connectivity index (χ4n) is 3.94. The van der Waals surface area contributed by atoms with Crippen molar-refractivity contribution in [2.75, 3.05) is 33.0 Å². The van der Waals surface area contributed by atoms with Crippen LogP contribution in [0.1, 0.15) is 110 Å². The van der Waals surface area contributed by atoms with E-state index in [9.17, 15) is 0 Å². The van der Waals surface area contributed by atoms with Gasteiger partial charge in [0.1, 0.15) is 0 Å². The lowest BCUT2D eigenvalue weighted by Gasteiger charge is -2.39. The molecule has 0 aromatic rings. The molecule has 0 aromatic carbocycles. The van der Waals surface area contributed by atoms with E-state index in [1.54, 1.807) is 0 Å². The van der Waals surface area contributed by atoms with Crippen LogP contribution in [0.25, 0.3) is 0 Å². The molecule has 2 heterocycles. The van der Waals surface area contributed by atoms with Crippen LogP contribution >= 0.6 is 17.6 Å². The van der Waals surface area contributed by atoms with Gasteiger partial charge in [-0.05, 0) is 6.42 Å². The quantitative estimate of drug-likeness (QED) is 0.152. The van der Waals surface area contributed by atoms with Gasteiger partial charge in [-0.1, -0.05) is 103 Å². The molecule has 0 N–H and O–H groups in total. The van der Waals surface area contributed by atoms with Crippen LogP contribution in [0.3, 0.4) is 0 Å². The van der Waals surface area contributed by atoms with Crippen LogP contribution < -0.4 is 0 Å². The van der Waals surface area contributed by atoms with Crippen molar-refractivity contribution in [2.24, 2.45) is 5.41 Å².